The number of hydrogen-bond donors (Lipinski definition) is 1. The molecule has 1 heterocycles. The van der Waals surface area contributed by atoms with E-state index in [-0.39, 0.29) is 11.3 Å². The van der Waals surface area contributed by atoms with Gasteiger partial charge in [-0.05, 0) is 34.0 Å². The van der Waals surface area contributed by atoms with Gasteiger partial charge in [0.2, 0.25) is 10.0 Å². The summed E-state index contributed by atoms with van der Waals surface area (Å²) < 4.78 is 26.6. The predicted molar refractivity (Wildman–Crippen MR) is 70.6 cm³/mol. The summed E-state index contributed by atoms with van der Waals surface area (Å²) in [4.78, 5) is 2.02. The van der Waals surface area contributed by atoms with Gasteiger partial charge in [0, 0.05) is 25.7 Å². The van der Waals surface area contributed by atoms with E-state index < -0.39 is 10.0 Å². The van der Waals surface area contributed by atoms with Crippen LogP contribution >= 0.6 is 0 Å². The molecule has 1 fully saturated rings. The van der Waals surface area contributed by atoms with Crippen LogP contribution in [0.15, 0.2) is 0 Å². The third-order valence-electron chi connectivity index (χ3n) is 3.20. The van der Waals surface area contributed by atoms with Crippen LogP contribution in [-0.4, -0.2) is 69.2 Å². The Morgan fingerprint density at radius 2 is 2.06 bits per heavy atom. The van der Waals surface area contributed by atoms with Gasteiger partial charge in [-0.15, -0.1) is 0 Å². The maximum Gasteiger partial charge on any atom is 0.218 e. The fraction of sp³-hybridized carbons (Fsp3) is 1.00. The van der Waals surface area contributed by atoms with Crippen molar-refractivity contribution in [1.82, 2.24) is 14.5 Å². The highest BCUT2D eigenvalue weighted by Gasteiger charge is 2.35. The molecule has 0 aliphatic carbocycles. The van der Waals surface area contributed by atoms with Gasteiger partial charge in [-0.25, -0.2) is 8.42 Å². The highest BCUT2D eigenvalue weighted by Crippen LogP contribution is 2.18. The molecule has 0 aromatic carbocycles. The van der Waals surface area contributed by atoms with Crippen LogP contribution in [0.2, 0.25) is 0 Å². The quantitative estimate of drug-likeness (QED) is 0.730. The topological polar surface area (TPSA) is 52.7 Å². The second-order valence-corrected chi connectivity index (χ2v) is 7.14. The zero-order chi connectivity index (χ0) is 13.1. The molecule has 1 rings (SSSR count). The minimum atomic E-state index is -3.15. The summed E-state index contributed by atoms with van der Waals surface area (Å²) in [6.45, 7) is 6.59. The molecule has 2 atom stereocenters. The van der Waals surface area contributed by atoms with Crippen molar-refractivity contribution in [2.24, 2.45) is 0 Å². The van der Waals surface area contributed by atoms with Crippen LogP contribution in [0, 0.1) is 0 Å². The lowest BCUT2D eigenvalue weighted by molar-refractivity contribution is 0.269. The van der Waals surface area contributed by atoms with E-state index in [4.69, 9.17) is 0 Å². The molecule has 0 amide bonds. The molecular formula is C11H25N3O2S. The molecule has 2 unspecified atom stereocenters. The van der Waals surface area contributed by atoms with E-state index in [0.29, 0.717) is 13.1 Å². The van der Waals surface area contributed by atoms with Crippen molar-refractivity contribution in [2.75, 3.05) is 40.3 Å². The molecule has 1 aliphatic rings. The van der Waals surface area contributed by atoms with Crippen LogP contribution in [0.5, 0.6) is 0 Å². The fourth-order valence-corrected chi connectivity index (χ4v) is 4.49. The average Bonchev–Trinajstić information content (AvgIpc) is 2.69. The summed E-state index contributed by atoms with van der Waals surface area (Å²) in [6.07, 6.45) is 0.730. The Kier molecular flexibility index (Phi) is 5.37. The van der Waals surface area contributed by atoms with Gasteiger partial charge in [-0.3, -0.25) is 0 Å². The highest BCUT2D eigenvalue weighted by molar-refractivity contribution is 7.89. The van der Waals surface area contributed by atoms with Gasteiger partial charge in [-0.1, -0.05) is 6.92 Å². The molecule has 1 N–H and O–H groups in total. The smallest absolute Gasteiger partial charge is 0.218 e. The molecule has 102 valence electrons. The van der Waals surface area contributed by atoms with E-state index in [2.05, 4.69) is 5.32 Å². The Labute approximate surface area is 105 Å². The van der Waals surface area contributed by atoms with E-state index in [1.165, 1.54) is 0 Å². The summed E-state index contributed by atoms with van der Waals surface area (Å²) in [5, 5.41) is 2.88. The molecule has 17 heavy (non-hydrogen) atoms. The van der Waals surface area contributed by atoms with Gasteiger partial charge in [-0.2, -0.15) is 4.31 Å². The van der Waals surface area contributed by atoms with Gasteiger partial charge >= 0.3 is 0 Å². The maximum atomic E-state index is 12.5. The van der Waals surface area contributed by atoms with Crippen molar-refractivity contribution in [3.8, 4) is 0 Å². The molecule has 6 heteroatoms. The summed E-state index contributed by atoms with van der Waals surface area (Å²) in [6, 6.07) is 0.0283. The van der Waals surface area contributed by atoms with E-state index in [1.807, 2.05) is 32.8 Å². The minimum absolute atomic E-state index is 0.0283. The molecule has 0 bridgehead atoms. The van der Waals surface area contributed by atoms with Crippen molar-refractivity contribution in [2.45, 2.75) is 31.6 Å². The average molecular weight is 263 g/mol. The lowest BCUT2D eigenvalue weighted by Gasteiger charge is -2.31. The Morgan fingerprint density at radius 3 is 2.47 bits per heavy atom. The largest absolute Gasteiger partial charge is 0.315 e. The molecule has 0 aromatic heterocycles. The van der Waals surface area contributed by atoms with Gasteiger partial charge in [0.15, 0.2) is 0 Å². The number of rotatable bonds is 6. The Hall–Kier alpha value is -0.170. The zero-order valence-electron chi connectivity index (χ0n) is 11.3. The van der Waals surface area contributed by atoms with Crippen molar-refractivity contribution >= 4 is 10.0 Å². The second kappa shape index (κ2) is 6.13. The first kappa shape index (κ1) is 14.9. The van der Waals surface area contributed by atoms with Gasteiger partial charge in [0.1, 0.15) is 0 Å². The van der Waals surface area contributed by atoms with E-state index >= 15 is 0 Å². The normalized spacial score (nSPS) is 23.5. The van der Waals surface area contributed by atoms with Gasteiger partial charge < -0.3 is 10.2 Å². The monoisotopic (exact) mass is 263 g/mol. The molecule has 1 aliphatic heterocycles. The first-order valence-electron chi connectivity index (χ1n) is 6.25. The van der Waals surface area contributed by atoms with Crippen LogP contribution in [0.25, 0.3) is 0 Å². The van der Waals surface area contributed by atoms with E-state index in [9.17, 15) is 8.42 Å². The Bertz CT molecular complexity index is 324. The lowest BCUT2D eigenvalue weighted by Crippen LogP contribution is -2.47. The SMILES string of the molecule is CCN(C(C)CN(C)C)S(=O)(=O)C1CCNC1. The van der Waals surface area contributed by atoms with E-state index in [0.717, 1.165) is 19.5 Å². The number of sulfonamides is 1. The Balaban J connectivity index is 2.77. The lowest BCUT2D eigenvalue weighted by atomic mass is 10.3. The first-order valence-corrected chi connectivity index (χ1v) is 7.76. The number of likely N-dealkylation sites (N-methyl/N-ethyl adjacent to an activating group) is 2. The van der Waals surface area contributed by atoms with Crippen molar-refractivity contribution in [3.63, 3.8) is 0 Å². The summed E-state index contributed by atoms with van der Waals surface area (Å²) in [5.41, 5.74) is 0. The molecule has 1 saturated heterocycles. The number of hydrogen-bond acceptors (Lipinski definition) is 4. The molecular weight excluding hydrogens is 238 g/mol. The fourth-order valence-electron chi connectivity index (χ4n) is 2.44. The van der Waals surface area contributed by atoms with Crippen molar-refractivity contribution < 1.29 is 8.42 Å². The first-order chi connectivity index (χ1) is 7.89. The standard InChI is InChI=1S/C11H25N3O2S/c1-5-14(10(2)9-13(3)4)17(15,16)11-6-7-12-8-11/h10-12H,5-9H2,1-4H3. The molecule has 0 saturated carbocycles. The second-order valence-electron chi connectivity index (χ2n) is 4.97. The van der Waals surface area contributed by atoms with Crippen LogP contribution in [0.4, 0.5) is 0 Å². The minimum Gasteiger partial charge on any atom is -0.315 e. The van der Waals surface area contributed by atoms with Crippen molar-refractivity contribution in [1.29, 1.82) is 0 Å². The summed E-state index contributed by atoms with van der Waals surface area (Å²) in [5.74, 6) is 0. The van der Waals surface area contributed by atoms with Gasteiger partial charge in [0.05, 0.1) is 5.25 Å². The Morgan fingerprint density at radius 1 is 1.41 bits per heavy atom. The van der Waals surface area contributed by atoms with Crippen LogP contribution in [-0.2, 0) is 10.0 Å². The summed E-state index contributed by atoms with van der Waals surface area (Å²) in [7, 11) is 0.781. The van der Waals surface area contributed by atoms with Crippen molar-refractivity contribution in [3.05, 3.63) is 0 Å². The van der Waals surface area contributed by atoms with E-state index in [1.54, 1.807) is 4.31 Å². The third kappa shape index (κ3) is 3.64. The highest BCUT2D eigenvalue weighted by atomic mass is 32.2. The van der Waals surface area contributed by atoms with Gasteiger partial charge in [0.25, 0.3) is 0 Å². The van der Waals surface area contributed by atoms with Crippen LogP contribution in [0.1, 0.15) is 20.3 Å². The number of nitrogens with zero attached hydrogens (tertiary/aromatic N) is 2. The third-order valence-corrected chi connectivity index (χ3v) is 5.71. The summed E-state index contributed by atoms with van der Waals surface area (Å²) >= 11 is 0. The molecule has 5 nitrogen and oxygen atoms in total. The van der Waals surface area contributed by atoms with Crippen LogP contribution in [0.3, 0.4) is 0 Å². The number of nitrogens with one attached hydrogen (secondary N) is 1. The van der Waals surface area contributed by atoms with Crippen LogP contribution < -0.4 is 5.32 Å². The molecule has 0 radical (unpaired) electrons. The predicted octanol–water partition coefficient (Wildman–Crippen LogP) is -0.0499. The molecule has 0 aromatic rings. The molecule has 0 spiro atoms. The maximum absolute atomic E-state index is 12.5. The zero-order valence-corrected chi connectivity index (χ0v) is 12.1.